The van der Waals surface area contributed by atoms with Crippen LogP contribution in [0.15, 0.2) is 12.1 Å². The number of halogens is 4. The fourth-order valence-corrected chi connectivity index (χ4v) is 1.07. The summed E-state index contributed by atoms with van der Waals surface area (Å²) in [6, 6.07) is 2.46. The Morgan fingerprint density at radius 2 is 1.90 bits per heavy atom. The number of rotatable bonds is 0. The molecule has 10 heavy (non-hydrogen) atoms. The van der Waals surface area contributed by atoms with Crippen molar-refractivity contribution in [3.8, 4) is 0 Å². The topological polar surface area (TPSA) is 0 Å². The third-order valence-corrected chi connectivity index (χ3v) is 2.58. The van der Waals surface area contributed by atoms with Crippen LogP contribution >= 0.6 is 34.2 Å². The van der Waals surface area contributed by atoms with E-state index in [1.165, 1.54) is 6.07 Å². The van der Waals surface area contributed by atoms with E-state index in [0.717, 1.165) is 6.07 Å². The summed E-state index contributed by atoms with van der Waals surface area (Å²) in [5.74, 6) is -1.89. The largest absolute Gasteiger partial charge is 0.204 e. The van der Waals surface area contributed by atoms with Gasteiger partial charge in [0.2, 0.25) is 0 Å². The van der Waals surface area contributed by atoms with Gasteiger partial charge >= 0.3 is 0 Å². The number of benzene rings is 1. The Kier molecular flexibility index (Phi) is 2.46. The summed E-state index contributed by atoms with van der Waals surface area (Å²) >= 11 is 7.19. The van der Waals surface area contributed by atoms with Gasteiger partial charge in [-0.2, -0.15) is 0 Å². The lowest BCUT2D eigenvalue weighted by atomic mass is 10.3. The van der Waals surface area contributed by atoms with E-state index in [0.29, 0.717) is 3.57 Å². The van der Waals surface area contributed by atoms with Crippen molar-refractivity contribution in [3.05, 3.63) is 32.4 Å². The van der Waals surface area contributed by atoms with E-state index in [1.54, 1.807) is 0 Å². The first-order chi connectivity index (χ1) is 4.63. The van der Waals surface area contributed by atoms with Crippen LogP contribution in [-0.4, -0.2) is 0 Å². The maximum Gasteiger partial charge on any atom is 0.178 e. The summed E-state index contributed by atoms with van der Waals surface area (Å²) in [4.78, 5) is 0. The van der Waals surface area contributed by atoms with Gasteiger partial charge in [0.15, 0.2) is 11.6 Å². The fraction of sp³-hybridized carbons (Fsp3) is 0. The minimum atomic E-state index is -0.978. The van der Waals surface area contributed by atoms with Gasteiger partial charge in [0, 0.05) is 3.57 Å². The van der Waals surface area contributed by atoms with E-state index >= 15 is 0 Å². The van der Waals surface area contributed by atoms with Gasteiger partial charge in [0.25, 0.3) is 0 Å². The summed E-state index contributed by atoms with van der Waals surface area (Å²) in [7, 11) is 0. The molecule has 0 N–H and O–H groups in total. The standard InChI is InChI=1S/C6H2ClF2I/c7-5-4(10)2-1-3(8)6(5)9/h1-2H. The van der Waals surface area contributed by atoms with Crippen LogP contribution in [0.3, 0.4) is 0 Å². The van der Waals surface area contributed by atoms with Crippen LogP contribution in [0.25, 0.3) is 0 Å². The van der Waals surface area contributed by atoms with Crippen LogP contribution in [-0.2, 0) is 0 Å². The van der Waals surface area contributed by atoms with Crippen LogP contribution < -0.4 is 0 Å². The van der Waals surface area contributed by atoms with E-state index < -0.39 is 11.6 Å². The van der Waals surface area contributed by atoms with E-state index in [9.17, 15) is 8.78 Å². The van der Waals surface area contributed by atoms with Crippen LogP contribution in [0, 0.1) is 15.2 Å². The summed E-state index contributed by atoms with van der Waals surface area (Å²) in [5.41, 5.74) is 0. The highest BCUT2D eigenvalue weighted by atomic mass is 127. The lowest BCUT2D eigenvalue weighted by Gasteiger charge is -1.96. The lowest BCUT2D eigenvalue weighted by molar-refractivity contribution is 0.508. The first kappa shape index (κ1) is 8.20. The second kappa shape index (κ2) is 3.00. The zero-order valence-corrected chi connectivity index (χ0v) is 7.58. The monoisotopic (exact) mass is 274 g/mol. The third-order valence-electron chi connectivity index (χ3n) is 0.988. The molecule has 0 bridgehead atoms. The number of hydrogen-bond acceptors (Lipinski definition) is 0. The van der Waals surface area contributed by atoms with Crippen molar-refractivity contribution in [1.82, 2.24) is 0 Å². The third kappa shape index (κ3) is 1.40. The van der Waals surface area contributed by atoms with Crippen LogP contribution in [0.2, 0.25) is 5.02 Å². The van der Waals surface area contributed by atoms with Gasteiger partial charge in [0.05, 0.1) is 5.02 Å². The highest BCUT2D eigenvalue weighted by molar-refractivity contribution is 14.1. The minimum Gasteiger partial charge on any atom is -0.204 e. The molecule has 1 rings (SSSR count). The van der Waals surface area contributed by atoms with Crippen molar-refractivity contribution < 1.29 is 8.78 Å². The van der Waals surface area contributed by atoms with Gasteiger partial charge in [0.1, 0.15) is 0 Å². The molecule has 0 aliphatic carbocycles. The molecule has 1 aromatic rings. The molecule has 0 heterocycles. The second-order valence-electron chi connectivity index (χ2n) is 1.66. The van der Waals surface area contributed by atoms with Gasteiger partial charge in [-0.05, 0) is 34.7 Å². The quantitative estimate of drug-likeness (QED) is 0.387. The predicted molar refractivity (Wildman–Crippen MR) is 44.1 cm³/mol. The maximum atomic E-state index is 12.5. The molecule has 0 nitrogen and oxygen atoms in total. The van der Waals surface area contributed by atoms with Crippen molar-refractivity contribution in [1.29, 1.82) is 0 Å². The van der Waals surface area contributed by atoms with Crippen molar-refractivity contribution in [2.75, 3.05) is 0 Å². The zero-order chi connectivity index (χ0) is 7.72. The summed E-state index contributed by atoms with van der Waals surface area (Å²) in [6.45, 7) is 0. The summed E-state index contributed by atoms with van der Waals surface area (Å²) in [6.07, 6.45) is 0. The van der Waals surface area contributed by atoms with E-state index in [1.807, 2.05) is 22.6 Å². The Bertz CT molecular complexity index is 235. The number of hydrogen-bond donors (Lipinski definition) is 0. The minimum absolute atomic E-state index is 0.152. The van der Waals surface area contributed by atoms with Gasteiger partial charge in [-0.25, -0.2) is 8.78 Å². The summed E-state index contributed by atoms with van der Waals surface area (Å²) < 4.78 is 25.3. The van der Waals surface area contributed by atoms with Gasteiger partial charge in [-0.15, -0.1) is 0 Å². The normalized spacial score (nSPS) is 10.0. The molecule has 0 spiro atoms. The molecule has 0 aliphatic heterocycles. The van der Waals surface area contributed by atoms with Crippen LogP contribution in [0.5, 0.6) is 0 Å². The smallest absolute Gasteiger partial charge is 0.178 e. The molecule has 1 aromatic carbocycles. The highest BCUT2D eigenvalue weighted by Crippen LogP contribution is 2.23. The molecule has 0 unspecified atom stereocenters. The molecule has 0 saturated carbocycles. The van der Waals surface area contributed by atoms with Crippen LogP contribution in [0.1, 0.15) is 0 Å². The van der Waals surface area contributed by atoms with E-state index in [2.05, 4.69) is 0 Å². The lowest BCUT2D eigenvalue weighted by Crippen LogP contribution is -1.86. The molecule has 54 valence electrons. The predicted octanol–water partition coefficient (Wildman–Crippen LogP) is 3.22. The molecular weight excluding hydrogens is 272 g/mol. The molecule has 0 radical (unpaired) electrons. The summed E-state index contributed by atoms with van der Waals surface area (Å²) in [5, 5.41) is -0.152. The first-order valence-corrected chi connectivity index (χ1v) is 3.87. The van der Waals surface area contributed by atoms with Gasteiger partial charge < -0.3 is 0 Å². The molecular formula is C6H2ClF2I. The molecule has 0 atom stereocenters. The van der Waals surface area contributed by atoms with Gasteiger partial charge in [-0.1, -0.05) is 11.6 Å². The Hall–Kier alpha value is 0.1000. The van der Waals surface area contributed by atoms with Crippen molar-refractivity contribution in [2.45, 2.75) is 0 Å². The second-order valence-corrected chi connectivity index (χ2v) is 3.20. The molecule has 4 heteroatoms. The fourth-order valence-electron chi connectivity index (χ4n) is 0.502. The molecule has 0 fully saturated rings. The van der Waals surface area contributed by atoms with Crippen molar-refractivity contribution in [2.24, 2.45) is 0 Å². The SMILES string of the molecule is Fc1ccc(I)c(Cl)c1F. The molecule has 0 saturated heterocycles. The average Bonchev–Trinajstić information content (AvgIpc) is 1.93. The Morgan fingerprint density at radius 3 is 2.40 bits per heavy atom. The molecule has 0 aromatic heterocycles. The molecule has 0 aliphatic rings. The highest BCUT2D eigenvalue weighted by Gasteiger charge is 2.08. The van der Waals surface area contributed by atoms with E-state index in [4.69, 9.17) is 11.6 Å². The van der Waals surface area contributed by atoms with Gasteiger partial charge in [-0.3, -0.25) is 0 Å². The zero-order valence-electron chi connectivity index (χ0n) is 4.67. The van der Waals surface area contributed by atoms with E-state index in [-0.39, 0.29) is 5.02 Å². The van der Waals surface area contributed by atoms with Crippen molar-refractivity contribution >= 4 is 34.2 Å². The maximum absolute atomic E-state index is 12.5. The van der Waals surface area contributed by atoms with Crippen molar-refractivity contribution in [3.63, 3.8) is 0 Å². The average molecular weight is 274 g/mol. The Labute approximate surface area is 75.3 Å². The molecule has 0 amide bonds. The Morgan fingerprint density at radius 1 is 1.30 bits per heavy atom. The Balaban J connectivity index is 3.34. The first-order valence-electron chi connectivity index (χ1n) is 2.42. The van der Waals surface area contributed by atoms with Crippen LogP contribution in [0.4, 0.5) is 8.78 Å².